The van der Waals surface area contributed by atoms with E-state index in [0.717, 1.165) is 11.1 Å². The topological polar surface area (TPSA) is 95.6 Å². The van der Waals surface area contributed by atoms with Gasteiger partial charge in [0.2, 0.25) is 0 Å². The minimum atomic E-state index is 0.411. The second-order valence-electron chi connectivity index (χ2n) is 2.49. The van der Waals surface area contributed by atoms with Crippen molar-refractivity contribution in [3.05, 3.63) is 12.0 Å². The second-order valence-corrected chi connectivity index (χ2v) is 2.49. The Kier molecular flexibility index (Phi) is 1.18. The molecule has 6 heteroatoms. The quantitative estimate of drug-likeness (QED) is 0.508. The van der Waals surface area contributed by atoms with E-state index in [4.69, 9.17) is 11.6 Å². The van der Waals surface area contributed by atoms with Crippen molar-refractivity contribution in [1.82, 2.24) is 19.9 Å². The zero-order chi connectivity index (χ0) is 8.72. The van der Waals surface area contributed by atoms with Gasteiger partial charge in [-0.3, -0.25) is 0 Å². The molecule has 4 N–H and O–H groups in total. The molecule has 0 saturated carbocycles. The number of hydrogen-bond donors (Lipinski definition) is 2. The number of nitrogen functional groups attached to an aromatic ring is 2. The maximum Gasteiger partial charge on any atom is 0.185 e. The summed E-state index contributed by atoms with van der Waals surface area (Å²) in [6, 6.07) is 0. The lowest BCUT2D eigenvalue weighted by Crippen LogP contribution is -2.10. The predicted molar refractivity (Wildman–Crippen MR) is 44.6 cm³/mol. The summed E-state index contributed by atoms with van der Waals surface area (Å²) in [6.07, 6.45) is 1.36. The van der Waals surface area contributed by atoms with Gasteiger partial charge in [0.1, 0.15) is 12.1 Å². The van der Waals surface area contributed by atoms with Gasteiger partial charge in [0.25, 0.3) is 0 Å². The van der Waals surface area contributed by atoms with Crippen LogP contribution in [0.5, 0.6) is 0 Å². The number of fused-ring (bicyclic) bond motifs is 1. The molecule has 0 unspecified atom stereocenters. The van der Waals surface area contributed by atoms with Crippen LogP contribution in [0.3, 0.4) is 0 Å². The summed E-state index contributed by atoms with van der Waals surface area (Å²) in [4.78, 5) is 8.98. The number of rotatable bonds is 0. The zero-order valence-corrected chi connectivity index (χ0v) is 6.52. The van der Waals surface area contributed by atoms with Crippen molar-refractivity contribution in [2.75, 3.05) is 11.6 Å². The predicted octanol–water partition coefficient (Wildman–Crippen LogP) is -0.569. The molecule has 12 heavy (non-hydrogen) atoms. The minimum Gasteiger partial charge on any atom is -0.383 e. The molecule has 2 rings (SSSR count). The molecule has 0 bridgehead atoms. The molecule has 0 aromatic carbocycles. The summed E-state index contributed by atoms with van der Waals surface area (Å²) >= 11 is 0. The second kappa shape index (κ2) is 2.07. The van der Waals surface area contributed by atoms with Crippen LogP contribution in [0.1, 0.15) is 5.69 Å². The van der Waals surface area contributed by atoms with E-state index in [2.05, 4.69) is 15.1 Å². The summed E-state index contributed by atoms with van der Waals surface area (Å²) in [6.45, 7) is 1.81. The van der Waals surface area contributed by atoms with Gasteiger partial charge in [-0.15, -0.1) is 0 Å². The van der Waals surface area contributed by atoms with E-state index in [1.165, 1.54) is 11.1 Å². The van der Waals surface area contributed by atoms with Gasteiger partial charge in [0, 0.05) is 0 Å². The van der Waals surface area contributed by atoms with Crippen LogP contribution in [0.4, 0.5) is 5.82 Å². The first-order chi connectivity index (χ1) is 5.70. The first-order valence-electron chi connectivity index (χ1n) is 3.41. The number of nitrogens with zero attached hydrogens (tertiary/aromatic N) is 4. The fraction of sp³-hybridized carbons (Fsp3) is 0.167. The van der Waals surface area contributed by atoms with Crippen LogP contribution in [0.2, 0.25) is 0 Å². The normalized spacial score (nSPS) is 10.8. The fourth-order valence-corrected chi connectivity index (χ4v) is 1.17. The lowest BCUT2D eigenvalue weighted by Gasteiger charge is -1.93. The van der Waals surface area contributed by atoms with Crippen molar-refractivity contribution in [3.8, 4) is 0 Å². The Balaban J connectivity index is 2.99. The highest BCUT2D eigenvalue weighted by Crippen LogP contribution is 2.17. The van der Waals surface area contributed by atoms with E-state index >= 15 is 0 Å². The summed E-state index contributed by atoms with van der Waals surface area (Å²) in [7, 11) is 0. The average Bonchev–Trinajstić information content (AvgIpc) is 2.29. The molecule has 0 fully saturated rings. The minimum absolute atomic E-state index is 0.411. The number of hydrogen-bond acceptors (Lipinski definition) is 5. The van der Waals surface area contributed by atoms with Gasteiger partial charge in [-0.05, 0) is 6.92 Å². The number of anilines is 1. The molecule has 0 aliphatic rings. The highest BCUT2D eigenvalue weighted by molar-refractivity contribution is 5.87. The molecule has 0 saturated heterocycles. The Bertz CT molecular complexity index is 431. The van der Waals surface area contributed by atoms with Gasteiger partial charge in [-0.25, -0.2) is 9.97 Å². The Labute approximate surface area is 68.2 Å². The van der Waals surface area contributed by atoms with E-state index < -0.39 is 0 Å². The highest BCUT2D eigenvalue weighted by Gasteiger charge is 2.09. The first kappa shape index (κ1) is 6.84. The molecule has 2 aromatic heterocycles. The molecule has 0 spiro atoms. The number of nitrogens with two attached hydrogens (primary N) is 2. The molecule has 2 heterocycles. The van der Waals surface area contributed by atoms with Crippen LogP contribution in [0, 0.1) is 6.92 Å². The van der Waals surface area contributed by atoms with E-state index in [9.17, 15) is 0 Å². The SMILES string of the molecule is Cc1nn(N)c2ncnc(N)c12. The molecule has 0 aliphatic heterocycles. The van der Waals surface area contributed by atoms with Crippen LogP contribution >= 0.6 is 0 Å². The molecule has 62 valence electrons. The third-order valence-electron chi connectivity index (χ3n) is 1.69. The number of aromatic nitrogens is 4. The Morgan fingerprint density at radius 3 is 2.83 bits per heavy atom. The number of aryl methyl sites for hydroxylation is 1. The van der Waals surface area contributed by atoms with Gasteiger partial charge in [-0.1, -0.05) is 0 Å². The van der Waals surface area contributed by atoms with Crippen LogP contribution in [0.15, 0.2) is 6.33 Å². The maximum absolute atomic E-state index is 5.61. The molecular weight excluding hydrogens is 156 g/mol. The van der Waals surface area contributed by atoms with E-state index in [1.54, 1.807) is 0 Å². The molecule has 0 aliphatic carbocycles. The van der Waals surface area contributed by atoms with Crippen LogP contribution in [-0.2, 0) is 0 Å². The zero-order valence-electron chi connectivity index (χ0n) is 6.52. The highest BCUT2D eigenvalue weighted by atomic mass is 15.5. The van der Waals surface area contributed by atoms with Gasteiger partial charge in [0.15, 0.2) is 5.65 Å². The molecule has 0 amide bonds. The van der Waals surface area contributed by atoms with Crippen molar-refractivity contribution in [2.45, 2.75) is 6.92 Å². The lowest BCUT2D eigenvalue weighted by atomic mass is 10.3. The van der Waals surface area contributed by atoms with E-state index in [1.807, 2.05) is 6.92 Å². The largest absolute Gasteiger partial charge is 0.383 e. The smallest absolute Gasteiger partial charge is 0.185 e. The van der Waals surface area contributed by atoms with E-state index in [0.29, 0.717) is 11.5 Å². The Morgan fingerprint density at radius 2 is 2.17 bits per heavy atom. The van der Waals surface area contributed by atoms with Crippen molar-refractivity contribution in [3.63, 3.8) is 0 Å². The standard InChI is InChI=1S/C6H8N6/c1-3-4-5(7)9-2-10-6(4)12(8)11-3/h2H,8H2,1H3,(H2,7,9,10). The van der Waals surface area contributed by atoms with Crippen molar-refractivity contribution in [1.29, 1.82) is 0 Å². The van der Waals surface area contributed by atoms with E-state index in [-0.39, 0.29) is 0 Å². The maximum atomic E-state index is 5.61. The summed E-state index contributed by atoms with van der Waals surface area (Å²) in [5.74, 6) is 5.92. The average molecular weight is 164 g/mol. The molecule has 2 aromatic rings. The van der Waals surface area contributed by atoms with Crippen molar-refractivity contribution >= 4 is 16.9 Å². The Hall–Kier alpha value is -1.85. The summed E-state index contributed by atoms with van der Waals surface area (Å²) in [5, 5.41) is 4.69. The van der Waals surface area contributed by atoms with Crippen molar-refractivity contribution in [2.24, 2.45) is 0 Å². The molecule has 6 nitrogen and oxygen atoms in total. The molecule has 0 atom stereocenters. The van der Waals surface area contributed by atoms with Crippen LogP contribution < -0.4 is 11.6 Å². The van der Waals surface area contributed by atoms with Gasteiger partial charge in [-0.2, -0.15) is 9.89 Å². The third kappa shape index (κ3) is 0.714. The first-order valence-corrected chi connectivity index (χ1v) is 3.41. The Morgan fingerprint density at radius 1 is 1.42 bits per heavy atom. The van der Waals surface area contributed by atoms with Crippen LogP contribution in [0.25, 0.3) is 11.0 Å². The van der Waals surface area contributed by atoms with Gasteiger partial charge < -0.3 is 11.6 Å². The summed E-state index contributed by atoms with van der Waals surface area (Å²) < 4.78 is 0. The summed E-state index contributed by atoms with van der Waals surface area (Å²) in [5.41, 5.74) is 6.91. The molecule has 0 radical (unpaired) electrons. The molecular formula is C6H8N6. The monoisotopic (exact) mass is 164 g/mol. The third-order valence-corrected chi connectivity index (χ3v) is 1.69. The van der Waals surface area contributed by atoms with Gasteiger partial charge in [0.05, 0.1) is 11.1 Å². The van der Waals surface area contributed by atoms with Gasteiger partial charge >= 0.3 is 0 Å². The lowest BCUT2D eigenvalue weighted by molar-refractivity contribution is 0.832. The fourth-order valence-electron chi connectivity index (χ4n) is 1.17. The van der Waals surface area contributed by atoms with Crippen molar-refractivity contribution < 1.29 is 0 Å². The van der Waals surface area contributed by atoms with Crippen LogP contribution in [-0.4, -0.2) is 19.9 Å².